The summed E-state index contributed by atoms with van der Waals surface area (Å²) in [4.78, 5) is 25.6. The van der Waals surface area contributed by atoms with Gasteiger partial charge in [0.1, 0.15) is 11.6 Å². The van der Waals surface area contributed by atoms with Crippen molar-refractivity contribution in [2.24, 2.45) is 0 Å². The van der Waals surface area contributed by atoms with E-state index in [0.29, 0.717) is 23.4 Å². The predicted molar refractivity (Wildman–Crippen MR) is 80.5 cm³/mol. The van der Waals surface area contributed by atoms with Crippen LogP contribution in [0.15, 0.2) is 42.7 Å². The number of imidazole rings is 1. The highest BCUT2D eigenvalue weighted by Crippen LogP contribution is 2.21. The van der Waals surface area contributed by atoms with Crippen LogP contribution in [0, 0.1) is 0 Å². The monoisotopic (exact) mass is 281 g/mol. The minimum atomic E-state index is -0.114. The van der Waals surface area contributed by atoms with Crippen molar-refractivity contribution < 1.29 is 4.79 Å². The number of aromatic nitrogens is 3. The standard InChI is InChI=1S/C15H15N5O/c1-20(9-14-17-6-7-18-14)15(21)11-8-13(16)19-12-5-3-2-4-10(11)12/h2-8H,9H2,1H3,(H2,16,19)(H,17,18). The van der Waals surface area contributed by atoms with Gasteiger partial charge in [0.25, 0.3) is 5.91 Å². The average molecular weight is 281 g/mol. The molecule has 0 saturated heterocycles. The molecular weight excluding hydrogens is 266 g/mol. The molecular formula is C15H15N5O. The van der Waals surface area contributed by atoms with Gasteiger partial charge in [-0.3, -0.25) is 4.79 Å². The van der Waals surface area contributed by atoms with Gasteiger partial charge >= 0.3 is 0 Å². The van der Waals surface area contributed by atoms with Crippen molar-refractivity contribution >= 4 is 22.6 Å². The highest BCUT2D eigenvalue weighted by Gasteiger charge is 2.17. The molecule has 0 atom stereocenters. The lowest BCUT2D eigenvalue weighted by Crippen LogP contribution is -2.27. The molecule has 1 amide bonds. The molecule has 6 nitrogen and oxygen atoms in total. The van der Waals surface area contributed by atoms with Gasteiger partial charge in [-0.05, 0) is 12.1 Å². The maximum atomic E-state index is 12.6. The maximum absolute atomic E-state index is 12.6. The Bertz CT molecular complexity index is 782. The van der Waals surface area contributed by atoms with Crippen LogP contribution >= 0.6 is 0 Å². The quantitative estimate of drug-likeness (QED) is 0.766. The second kappa shape index (κ2) is 5.24. The van der Waals surface area contributed by atoms with Gasteiger partial charge in [0.2, 0.25) is 0 Å². The van der Waals surface area contributed by atoms with Gasteiger partial charge in [-0.2, -0.15) is 0 Å². The molecule has 3 aromatic rings. The number of amides is 1. The summed E-state index contributed by atoms with van der Waals surface area (Å²) in [6.07, 6.45) is 3.39. The number of aromatic amines is 1. The Balaban J connectivity index is 1.97. The smallest absolute Gasteiger partial charge is 0.254 e. The predicted octanol–water partition coefficient (Wildman–Crippen LogP) is 1.81. The second-order valence-corrected chi connectivity index (χ2v) is 4.81. The molecule has 0 spiro atoms. The number of nitrogens with two attached hydrogens (primary N) is 1. The fraction of sp³-hybridized carbons (Fsp3) is 0.133. The molecule has 3 N–H and O–H groups in total. The molecule has 0 aliphatic rings. The Morgan fingerprint density at radius 3 is 2.95 bits per heavy atom. The van der Waals surface area contributed by atoms with Crippen LogP contribution in [0.4, 0.5) is 5.82 Å². The van der Waals surface area contributed by atoms with Gasteiger partial charge in [-0.15, -0.1) is 0 Å². The van der Waals surface area contributed by atoms with Crippen LogP contribution in [0.2, 0.25) is 0 Å². The number of rotatable bonds is 3. The third-order valence-electron chi connectivity index (χ3n) is 3.25. The number of H-pyrrole nitrogens is 1. The first kappa shape index (κ1) is 13.1. The zero-order valence-electron chi connectivity index (χ0n) is 11.6. The van der Waals surface area contributed by atoms with Crippen LogP contribution in [-0.4, -0.2) is 32.8 Å². The van der Waals surface area contributed by atoms with E-state index in [1.165, 1.54) is 0 Å². The van der Waals surface area contributed by atoms with Gasteiger partial charge in [-0.1, -0.05) is 18.2 Å². The lowest BCUT2D eigenvalue weighted by atomic mass is 10.1. The largest absolute Gasteiger partial charge is 0.384 e. The van der Waals surface area contributed by atoms with Gasteiger partial charge in [0.05, 0.1) is 17.6 Å². The van der Waals surface area contributed by atoms with E-state index in [0.717, 1.165) is 11.2 Å². The number of carbonyl (C=O) groups is 1. The number of fused-ring (bicyclic) bond motifs is 1. The first-order chi connectivity index (χ1) is 10.1. The molecule has 3 rings (SSSR count). The zero-order chi connectivity index (χ0) is 14.8. The summed E-state index contributed by atoms with van der Waals surface area (Å²) >= 11 is 0. The third-order valence-corrected chi connectivity index (χ3v) is 3.25. The Labute approximate surface area is 121 Å². The molecule has 0 radical (unpaired) electrons. The number of nitrogen functional groups attached to an aromatic ring is 1. The number of hydrogen-bond donors (Lipinski definition) is 2. The van der Waals surface area contributed by atoms with Crippen LogP contribution in [-0.2, 0) is 6.54 Å². The number of anilines is 1. The molecule has 0 unspecified atom stereocenters. The zero-order valence-corrected chi connectivity index (χ0v) is 11.6. The number of hydrogen-bond acceptors (Lipinski definition) is 4. The normalized spacial score (nSPS) is 10.7. The van der Waals surface area contributed by atoms with Crippen LogP contribution in [0.5, 0.6) is 0 Å². The van der Waals surface area contributed by atoms with Gasteiger partial charge in [0.15, 0.2) is 0 Å². The molecule has 0 saturated carbocycles. The van der Waals surface area contributed by atoms with Crippen LogP contribution in [0.25, 0.3) is 10.9 Å². The lowest BCUT2D eigenvalue weighted by Gasteiger charge is -2.17. The molecule has 0 bridgehead atoms. The number of para-hydroxylation sites is 1. The van der Waals surface area contributed by atoms with Gasteiger partial charge in [-0.25, -0.2) is 9.97 Å². The van der Waals surface area contributed by atoms with Crippen molar-refractivity contribution in [2.45, 2.75) is 6.54 Å². The molecule has 2 aromatic heterocycles. The molecule has 21 heavy (non-hydrogen) atoms. The molecule has 0 fully saturated rings. The van der Waals surface area contributed by atoms with Crippen molar-refractivity contribution in [1.82, 2.24) is 19.9 Å². The van der Waals surface area contributed by atoms with E-state index in [1.807, 2.05) is 24.3 Å². The third kappa shape index (κ3) is 2.55. The Morgan fingerprint density at radius 1 is 1.38 bits per heavy atom. The molecule has 2 heterocycles. The van der Waals surface area contributed by atoms with E-state index in [2.05, 4.69) is 15.0 Å². The van der Waals surface area contributed by atoms with E-state index in [1.54, 1.807) is 30.4 Å². The number of nitrogens with one attached hydrogen (secondary N) is 1. The van der Waals surface area contributed by atoms with E-state index < -0.39 is 0 Å². The average Bonchev–Trinajstić information content (AvgIpc) is 2.98. The van der Waals surface area contributed by atoms with Crippen molar-refractivity contribution in [3.05, 3.63) is 54.1 Å². The SMILES string of the molecule is CN(Cc1ncc[nH]1)C(=O)c1cc(N)nc2ccccc12. The van der Waals surface area contributed by atoms with Crippen LogP contribution in [0.1, 0.15) is 16.2 Å². The topological polar surface area (TPSA) is 87.9 Å². The Morgan fingerprint density at radius 2 is 2.19 bits per heavy atom. The van der Waals surface area contributed by atoms with Crippen LogP contribution < -0.4 is 5.73 Å². The molecule has 106 valence electrons. The molecule has 0 aliphatic carbocycles. The maximum Gasteiger partial charge on any atom is 0.254 e. The summed E-state index contributed by atoms with van der Waals surface area (Å²) in [5.74, 6) is 0.956. The summed E-state index contributed by atoms with van der Waals surface area (Å²) in [5.41, 5.74) is 7.06. The van der Waals surface area contributed by atoms with E-state index >= 15 is 0 Å². The summed E-state index contributed by atoms with van der Waals surface area (Å²) in [5, 5.41) is 0.794. The fourth-order valence-corrected chi connectivity index (χ4v) is 2.26. The summed E-state index contributed by atoms with van der Waals surface area (Å²) in [7, 11) is 1.73. The minimum absolute atomic E-state index is 0.114. The highest BCUT2D eigenvalue weighted by molar-refractivity contribution is 6.06. The van der Waals surface area contributed by atoms with Crippen LogP contribution in [0.3, 0.4) is 0 Å². The molecule has 0 aliphatic heterocycles. The summed E-state index contributed by atoms with van der Waals surface area (Å²) in [6, 6.07) is 9.08. The van der Waals surface area contributed by atoms with E-state index in [-0.39, 0.29) is 5.91 Å². The van der Waals surface area contributed by atoms with Crippen molar-refractivity contribution in [3.8, 4) is 0 Å². The van der Waals surface area contributed by atoms with E-state index in [4.69, 9.17) is 5.73 Å². The summed E-state index contributed by atoms with van der Waals surface area (Å²) < 4.78 is 0. The van der Waals surface area contributed by atoms with Gasteiger partial charge in [0, 0.05) is 24.8 Å². The molecule has 1 aromatic carbocycles. The van der Waals surface area contributed by atoms with Crippen molar-refractivity contribution in [2.75, 3.05) is 12.8 Å². The van der Waals surface area contributed by atoms with Gasteiger partial charge < -0.3 is 15.6 Å². The highest BCUT2D eigenvalue weighted by atomic mass is 16.2. The van der Waals surface area contributed by atoms with Crippen molar-refractivity contribution in [1.29, 1.82) is 0 Å². The first-order valence-corrected chi connectivity index (χ1v) is 6.54. The van der Waals surface area contributed by atoms with E-state index in [9.17, 15) is 4.79 Å². The number of nitrogens with zero attached hydrogens (tertiary/aromatic N) is 3. The fourth-order valence-electron chi connectivity index (χ4n) is 2.26. The van der Waals surface area contributed by atoms with Crippen molar-refractivity contribution in [3.63, 3.8) is 0 Å². The number of carbonyl (C=O) groups excluding carboxylic acids is 1. The Kier molecular flexibility index (Phi) is 3.27. The summed E-state index contributed by atoms with van der Waals surface area (Å²) in [6.45, 7) is 0.405. The first-order valence-electron chi connectivity index (χ1n) is 6.54. The number of pyridine rings is 1. The number of benzene rings is 1. The Hall–Kier alpha value is -2.89. The lowest BCUT2D eigenvalue weighted by molar-refractivity contribution is 0.0784. The molecule has 6 heteroatoms. The second-order valence-electron chi connectivity index (χ2n) is 4.81. The minimum Gasteiger partial charge on any atom is -0.384 e.